The fourth-order valence-corrected chi connectivity index (χ4v) is 1.65. The van der Waals surface area contributed by atoms with E-state index < -0.39 is 5.60 Å². The normalized spacial score (nSPS) is 24.9. The summed E-state index contributed by atoms with van der Waals surface area (Å²) in [7, 11) is 1.60. The van der Waals surface area contributed by atoms with Gasteiger partial charge < -0.3 is 9.47 Å². The molecule has 1 saturated heterocycles. The van der Waals surface area contributed by atoms with E-state index in [0.29, 0.717) is 18.4 Å². The Morgan fingerprint density at radius 3 is 2.20 bits per heavy atom. The highest BCUT2D eigenvalue weighted by Crippen LogP contribution is 2.30. The lowest BCUT2D eigenvalue weighted by Crippen LogP contribution is -2.41. The van der Waals surface area contributed by atoms with Crippen LogP contribution in [-0.4, -0.2) is 37.2 Å². The van der Waals surface area contributed by atoms with Crippen molar-refractivity contribution in [3.63, 3.8) is 0 Å². The summed E-state index contributed by atoms with van der Waals surface area (Å²) in [5.41, 5.74) is -0.455. The van der Waals surface area contributed by atoms with Gasteiger partial charge in [-0.1, -0.05) is 0 Å². The molecule has 0 N–H and O–H groups in total. The van der Waals surface area contributed by atoms with Crippen LogP contribution < -0.4 is 0 Å². The van der Waals surface area contributed by atoms with Crippen LogP contribution in [0, 0.1) is 0 Å². The molecule has 0 aromatic rings. The second kappa shape index (κ2) is 3.26. The molecule has 1 fully saturated rings. The zero-order valence-corrected chi connectivity index (χ0v) is 7.28. The van der Waals surface area contributed by atoms with Crippen LogP contribution in [0.25, 0.3) is 0 Å². The predicted octanol–water partition coefficient (Wildman–Crippen LogP) is 1.25. The van der Waals surface area contributed by atoms with Gasteiger partial charge in [0.1, 0.15) is 11.7 Å². The fourth-order valence-electron chi connectivity index (χ4n) is 0.800. The lowest BCUT2D eigenvalue weighted by Gasteiger charge is -2.25. The van der Waals surface area contributed by atoms with E-state index in [2.05, 4.69) is 0 Å². The minimum absolute atomic E-state index is 0.104. The Kier molecular flexibility index (Phi) is 2.81. The van der Waals surface area contributed by atoms with Crippen molar-refractivity contribution in [2.24, 2.45) is 0 Å². The van der Waals surface area contributed by atoms with Crippen LogP contribution in [0.1, 0.15) is 0 Å². The fraction of sp³-hybridized carbons (Fsp3) is 1.00. The van der Waals surface area contributed by atoms with Crippen molar-refractivity contribution in [3.8, 4) is 0 Å². The van der Waals surface area contributed by atoms with Gasteiger partial charge in [0.05, 0.1) is 18.4 Å². The van der Waals surface area contributed by atoms with Crippen LogP contribution in [-0.2, 0) is 9.47 Å². The van der Waals surface area contributed by atoms with Crippen LogP contribution in [0.4, 0.5) is 0 Å². The average molecular weight is 185 g/mol. The quantitative estimate of drug-likeness (QED) is 0.485. The highest BCUT2D eigenvalue weighted by Gasteiger charge is 2.46. The molecule has 2 nitrogen and oxygen atoms in total. The average Bonchev–Trinajstić information content (AvgIpc) is 2.77. The van der Waals surface area contributed by atoms with Crippen molar-refractivity contribution in [3.05, 3.63) is 0 Å². The van der Waals surface area contributed by atoms with Gasteiger partial charge in [0.25, 0.3) is 0 Å². The Labute approximate surface area is 70.4 Å². The Balaban J connectivity index is 2.52. The molecule has 0 saturated carbocycles. The van der Waals surface area contributed by atoms with Crippen molar-refractivity contribution in [2.45, 2.75) is 11.7 Å². The largest absolute Gasteiger partial charge is 0.373 e. The minimum atomic E-state index is -0.455. The smallest absolute Gasteiger partial charge is 0.123 e. The van der Waals surface area contributed by atoms with Crippen molar-refractivity contribution in [2.75, 3.05) is 25.5 Å². The summed E-state index contributed by atoms with van der Waals surface area (Å²) in [5, 5.41) is 0. The summed E-state index contributed by atoms with van der Waals surface area (Å²) in [6.45, 7) is 0.716. The molecule has 1 aliphatic rings. The first kappa shape index (κ1) is 8.60. The molecule has 0 aromatic heterocycles. The second-order valence-corrected chi connectivity index (χ2v) is 2.89. The van der Waals surface area contributed by atoms with Gasteiger partial charge in [-0.05, 0) is 0 Å². The number of ether oxygens (including phenoxy) is 2. The zero-order valence-electron chi connectivity index (χ0n) is 5.77. The van der Waals surface area contributed by atoms with Gasteiger partial charge in [-0.2, -0.15) is 0 Å². The molecule has 60 valence electrons. The highest BCUT2D eigenvalue weighted by molar-refractivity contribution is 6.22. The van der Waals surface area contributed by atoms with Gasteiger partial charge in [0.2, 0.25) is 0 Å². The number of epoxide rings is 1. The molecule has 4 heteroatoms. The summed E-state index contributed by atoms with van der Waals surface area (Å²) >= 11 is 11.3. The first-order valence-electron chi connectivity index (χ1n) is 3.08. The molecule has 0 aromatic carbocycles. The molecule has 10 heavy (non-hydrogen) atoms. The number of halogens is 2. The first-order valence-corrected chi connectivity index (χ1v) is 4.14. The van der Waals surface area contributed by atoms with Crippen molar-refractivity contribution in [1.82, 2.24) is 0 Å². The summed E-state index contributed by atoms with van der Waals surface area (Å²) < 4.78 is 10.2. The van der Waals surface area contributed by atoms with Gasteiger partial charge in [0, 0.05) is 7.11 Å². The summed E-state index contributed by atoms with van der Waals surface area (Å²) in [4.78, 5) is 0. The van der Waals surface area contributed by atoms with Gasteiger partial charge in [0.15, 0.2) is 0 Å². The first-order chi connectivity index (χ1) is 4.79. The number of hydrogen-bond acceptors (Lipinski definition) is 2. The van der Waals surface area contributed by atoms with Gasteiger partial charge in [-0.25, -0.2) is 0 Å². The minimum Gasteiger partial charge on any atom is -0.373 e. The zero-order chi connectivity index (χ0) is 7.61. The molecular weight excluding hydrogens is 175 g/mol. The van der Waals surface area contributed by atoms with Crippen LogP contribution in [0.15, 0.2) is 0 Å². The number of alkyl halides is 2. The number of hydrogen-bond donors (Lipinski definition) is 0. The monoisotopic (exact) mass is 184 g/mol. The molecule has 1 aliphatic heterocycles. The van der Waals surface area contributed by atoms with Crippen LogP contribution in [0.5, 0.6) is 0 Å². The van der Waals surface area contributed by atoms with Gasteiger partial charge >= 0.3 is 0 Å². The van der Waals surface area contributed by atoms with E-state index in [0.717, 1.165) is 0 Å². The van der Waals surface area contributed by atoms with Crippen molar-refractivity contribution >= 4 is 23.2 Å². The van der Waals surface area contributed by atoms with E-state index in [1.54, 1.807) is 7.11 Å². The van der Waals surface area contributed by atoms with Gasteiger partial charge in [-0.3, -0.25) is 0 Å². The highest BCUT2D eigenvalue weighted by atomic mass is 35.5. The molecular formula is C6H10Cl2O2. The Hall–Kier alpha value is 0.500. The topological polar surface area (TPSA) is 21.8 Å². The third kappa shape index (κ3) is 1.40. The van der Waals surface area contributed by atoms with E-state index in [-0.39, 0.29) is 6.10 Å². The third-order valence-electron chi connectivity index (χ3n) is 1.78. The Morgan fingerprint density at radius 2 is 2.10 bits per heavy atom. The van der Waals surface area contributed by atoms with E-state index in [1.807, 2.05) is 0 Å². The van der Waals surface area contributed by atoms with E-state index in [1.165, 1.54) is 0 Å². The van der Waals surface area contributed by atoms with Gasteiger partial charge in [-0.15, -0.1) is 23.2 Å². The maximum Gasteiger partial charge on any atom is 0.123 e. The van der Waals surface area contributed by atoms with E-state index in [9.17, 15) is 0 Å². The molecule has 0 radical (unpaired) electrons. The molecule has 0 aliphatic carbocycles. The van der Waals surface area contributed by atoms with Crippen LogP contribution >= 0.6 is 23.2 Å². The van der Waals surface area contributed by atoms with E-state index in [4.69, 9.17) is 32.7 Å². The standard InChI is InChI=1S/C6H10Cl2O2/c1-9-6(3-7,4-8)5-2-10-5/h5H,2-4H2,1H3. The SMILES string of the molecule is COC(CCl)(CCl)C1CO1. The molecule has 0 spiro atoms. The third-order valence-corrected chi connectivity index (χ3v) is 2.68. The summed E-state index contributed by atoms with van der Waals surface area (Å²) in [5.74, 6) is 0.773. The summed E-state index contributed by atoms with van der Waals surface area (Å²) in [6.07, 6.45) is 0.104. The lowest BCUT2D eigenvalue weighted by molar-refractivity contribution is 0.00519. The number of rotatable bonds is 4. The second-order valence-electron chi connectivity index (χ2n) is 2.36. The Bertz CT molecular complexity index is 102. The van der Waals surface area contributed by atoms with Crippen molar-refractivity contribution in [1.29, 1.82) is 0 Å². The molecule has 1 rings (SSSR count). The summed E-state index contributed by atoms with van der Waals surface area (Å²) in [6, 6.07) is 0. The molecule has 1 heterocycles. The van der Waals surface area contributed by atoms with Crippen LogP contribution in [0.3, 0.4) is 0 Å². The molecule has 0 amide bonds. The maximum absolute atomic E-state index is 5.67. The lowest BCUT2D eigenvalue weighted by atomic mass is 10.1. The van der Waals surface area contributed by atoms with Crippen LogP contribution in [0.2, 0.25) is 0 Å². The van der Waals surface area contributed by atoms with E-state index >= 15 is 0 Å². The maximum atomic E-state index is 5.67. The van der Waals surface area contributed by atoms with Crippen molar-refractivity contribution < 1.29 is 9.47 Å². The molecule has 1 unspecified atom stereocenters. The Morgan fingerprint density at radius 1 is 1.60 bits per heavy atom. The molecule has 0 bridgehead atoms. The number of methoxy groups -OCH3 is 1. The predicted molar refractivity (Wildman–Crippen MR) is 40.9 cm³/mol. The molecule has 1 atom stereocenters.